The van der Waals surface area contributed by atoms with Gasteiger partial charge < -0.3 is 4.74 Å². The zero-order chi connectivity index (χ0) is 6.69. The van der Waals surface area contributed by atoms with Crippen LogP contribution in [0.15, 0.2) is 0 Å². The van der Waals surface area contributed by atoms with E-state index in [2.05, 4.69) is 10.2 Å². The molecule has 0 saturated carbocycles. The number of hydrogen-bond donors (Lipinski definition) is 2. The highest BCUT2D eigenvalue weighted by atomic mass is 32.1. The highest BCUT2D eigenvalue weighted by Crippen LogP contribution is 2.12. The van der Waals surface area contributed by atoms with Crippen LogP contribution in [0.5, 0.6) is 5.19 Å². The number of nitrogens with one attached hydrogen (secondary N) is 1. The van der Waals surface area contributed by atoms with Gasteiger partial charge in [0.15, 0.2) is 3.95 Å². The number of H-pyrrole nitrogens is 1. The summed E-state index contributed by atoms with van der Waals surface area (Å²) in [6, 6.07) is 0. The molecule has 50 valence electrons. The summed E-state index contributed by atoms with van der Waals surface area (Å²) in [5.74, 6) is 0. The molecule has 0 bridgehead atoms. The van der Waals surface area contributed by atoms with Crippen molar-refractivity contribution in [3.05, 3.63) is 3.95 Å². The molecule has 0 aliphatic heterocycles. The van der Waals surface area contributed by atoms with Crippen molar-refractivity contribution in [1.29, 1.82) is 0 Å². The standard InChI is InChI=1S/C3H5N3OS2/c4-1-7-2-5-6-3(8)9-2/h1,4H2,(H,6,8). The molecular formula is C3H5N3OS2. The van der Waals surface area contributed by atoms with Gasteiger partial charge in [-0.25, -0.2) is 0 Å². The molecule has 0 amide bonds. The van der Waals surface area contributed by atoms with Gasteiger partial charge in [0.05, 0.1) is 0 Å². The van der Waals surface area contributed by atoms with Crippen LogP contribution in [0.1, 0.15) is 0 Å². The molecular weight excluding hydrogens is 158 g/mol. The zero-order valence-electron chi connectivity index (χ0n) is 4.46. The third kappa shape index (κ3) is 1.74. The van der Waals surface area contributed by atoms with Crippen molar-refractivity contribution in [2.75, 3.05) is 6.73 Å². The van der Waals surface area contributed by atoms with Crippen molar-refractivity contribution in [2.45, 2.75) is 0 Å². The number of aromatic amines is 1. The number of hydrogen-bond acceptors (Lipinski definition) is 5. The van der Waals surface area contributed by atoms with Gasteiger partial charge in [0, 0.05) is 0 Å². The largest absolute Gasteiger partial charge is 0.453 e. The summed E-state index contributed by atoms with van der Waals surface area (Å²) in [6.07, 6.45) is 0. The van der Waals surface area contributed by atoms with Crippen LogP contribution < -0.4 is 10.5 Å². The van der Waals surface area contributed by atoms with Crippen molar-refractivity contribution in [1.82, 2.24) is 10.2 Å². The first-order valence-electron chi connectivity index (χ1n) is 2.21. The first-order valence-corrected chi connectivity index (χ1v) is 3.44. The number of ether oxygens (including phenoxy) is 1. The third-order valence-corrected chi connectivity index (χ3v) is 1.63. The molecule has 0 radical (unpaired) electrons. The topological polar surface area (TPSA) is 63.9 Å². The van der Waals surface area contributed by atoms with Crippen LogP contribution in [-0.2, 0) is 0 Å². The lowest BCUT2D eigenvalue weighted by molar-refractivity contribution is 0.325. The summed E-state index contributed by atoms with van der Waals surface area (Å²) in [7, 11) is 0. The normalized spacial score (nSPS) is 9.44. The molecule has 1 aromatic rings. The van der Waals surface area contributed by atoms with Gasteiger partial charge in [-0.3, -0.25) is 10.8 Å². The Morgan fingerprint density at radius 3 is 3.11 bits per heavy atom. The second-order valence-corrected chi connectivity index (χ2v) is 2.82. The molecule has 0 aliphatic carbocycles. The fourth-order valence-electron chi connectivity index (χ4n) is 0.349. The quantitative estimate of drug-likeness (QED) is 0.492. The molecule has 1 aromatic heterocycles. The molecule has 0 aromatic carbocycles. The van der Waals surface area contributed by atoms with Crippen LogP contribution in [0.25, 0.3) is 0 Å². The van der Waals surface area contributed by atoms with Crippen molar-refractivity contribution in [2.24, 2.45) is 5.73 Å². The lowest BCUT2D eigenvalue weighted by Gasteiger charge is -1.90. The molecule has 0 aliphatic rings. The van der Waals surface area contributed by atoms with E-state index >= 15 is 0 Å². The van der Waals surface area contributed by atoms with Crippen LogP contribution in [0, 0.1) is 3.95 Å². The SMILES string of the molecule is NCOc1n[nH]c(=S)s1. The lowest BCUT2D eigenvalue weighted by atomic mass is 11.3. The molecule has 1 heterocycles. The molecule has 0 spiro atoms. The van der Waals surface area contributed by atoms with Gasteiger partial charge in [-0.1, -0.05) is 0 Å². The van der Waals surface area contributed by atoms with Crippen LogP contribution in [0.2, 0.25) is 0 Å². The average Bonchev–Trinajstić information content (AvgIpc) is 2.17. The van der Waals surface area contributed by atoms with Crippen molar-refractivity contribution in [3.63, 3.8) is 0 Å². The van der Waals surface area contributed by atoms with E-state index in [9.17, 15) is 0 Å². The van der Waals surface area contributed by atoms with Crippen molar-refractivity contribution in [3.8, 4) is 5.19 Å². The fourth-order valence-corrected chi connectivity index (χ4v) is 1.08. The minimum Gasteiger partial charge on any atom is -0.453 e. The Morgan fingerprint density at radius 1 is 1.89 bits per heavy atom. The van der Waals surface area contributed by atoms with Crippen LogP contribution in [-0.4, -0.2) is 16.9 Å². The van der Waals surface area contributed by atoms with Gasteiger partial charge in [-0.15, -0.1) is 5.10 Å². The zero-order valence-corrected chi connectivity index (χ0v) is 6.09. The summed E-state index contributed by atoms with van der Waals surface area (Å²) in [5.41, 5.74) is 5.07. The molecule has 9 heavy (non-hydrogen) atoms. The van der Waals surface area contributed by atoms with E-state index in [1.165, 1.54) is 11.3 Å². The predicted octanol–water partition coefficient (Wildman–Crippen LogP) is 0.496. The highest BCUT2D eigenvalue weighted by molar-refractivity contribution is 7.73. The molecule has 3 N–H and O–H groups in total. The molecule has 0 saturated heterocycles. The Balaban J connectivity index is 2.73. The molecule has 1 rings (SSSR count). The molecule has 0 atom stereocenters. The van der Waals surface area contributed by atoms with Gasteiger partial charge in [-0.05, 0) is 23.6 Å². The minimum atomic E-state index is 0.135. The Kier molecular flexibility index (Phi) is 2.15. The second kappa shape index (κ2) is 2.90. The lowest BCUT2D eigenvalue weighted by Crippen LogP contribution is -2.06. The smallest absolute Gasteiger partial charge is 0.294 e. The monoisotopic (exact) mass is 163 g/mol. The van der Waals surface area contributed by atoms with E-state index in [0.717, 1.165) is 0 Å². The van der Waals surface area contributed by atoms with Gasteiger partial charge >= 0.3 is 0 Å². The number of aromatic nitrogens is 2. The summed E-state index contributed by atoms with van der Waals surface area (Å²) in [5, 5.41) is 6.74. The summed E-state index contributed by atoms with van der Waals surface area (Å²) < 4.78 is 5.41. The fraction of sp³-hybridized carbons (Fsp3) is 0.333. The van der Waals surface area contributed by atoms with Crippen LogP contribution >= 0.6 is 23.6 Å². The number of nitrogens with two attached hydrogens (primary N) is 1. The van der Waals surface area contributed by atoms with Crippen molar-refractivity contribution >= 4 is 23.6 Å². The van der Waals surface area contributed by atoms with Crippen molar-refractivity contribution < 1.29 is 4.74 Å². The van der Waals surface area contributed by atoms with E-state index in [0.29, 0.717) is 9.15 Å². The van der Waals surface area contributed by atoms with Gasteiger partial charge in [0.25, 0.3) is 5.19 Å². The number of rotatable bonds is 2. The second-order valence-electron chi connectivity index (χ2n) is 1.19. The minimum absolute atomic E-state index is 0.135. The van der Waals surface area contributed by atoms with E-state index in [-0.39, 0.29) is 6.73 Å². The molecule has 4 nitrogen and oxygen atoms in total. The Hall–Kier alpha value is -0.460. The molecule has 0 unspecified atom stereocenters. The van der Waals surface area contributed by atoms with E-state index in [4.69, 9.17) is 22.7 Å². The Morgan fingerprint density at radius 2 is 2.67 bits per heavy atom. The summed E-state index contributed by atoms with van der Waals surface area (Å²) >= 11 is 5.98. The Bertz CT molecular complexity index is 229. The predicted molar refractivity (Wildman–Crippen MR) is 37.0 cm³/mol. The third-order valence-electron chi connectivity index (χ3n) is 0.625. The molecule has 6 heteroatoms. The number of nitrogens with zero attached hydrogens (tertiary/aromatic N) is 1. The average molecular weight is 163 g/mol. The first-order chi connectivity index (χ1) is 4.33. The summed E-state index contributed by atoms with van der Waals surface area (Å²) in [4.78, 5) is 0. The van der Waals surface area contributed by atoms with Crippen LogP contribution in [0.3, 0.4) is 0 Å². The van der Waals surface area contributed by atoms with E-state index < -0.39 is 0 Å². The van der Waals surface area contributed by atoms with E-state index in [1.54, 1.807) is 0 Å². The first kappa shape index (κ1) is 6.66. The van der Waals surface area contributed by atoms with Gasteiger partial charge in [0.1, 0.15) is 6.73 Å². The molecule has 0 fully saturated rings. The maximum Gasteiger partial charge on any atom is 0.294 e. The van der Waals surface area contributed by atoms with Crippen LogP contribution in [0.4, 0.5) is 0 Å². The van der Waals surface area contributed by atoms with Gasteiger partial charge in [0.2, 0.25) is 0 Å². The highest BCUT2D eigenvalue weighted by Gasteiger charge is 1.93. The Labute approximate surface area is 60.7 Å². The summed E-state index contributed by atoms with van der Waals surface area (Å²) in [6.45, 7) is 0.135. The van der Waals surface area contributed by atoms with Gasteiger partial charge in [-0.2, -0.15) is 0 Å². The maximum atomic E-state index is 5.07. The van der Waals surface area contributed by atoms with E-state index in [1.807, 2.05) is 0 Å². The maximum absolute atomic E-state index is 5.07.